The molecule has 1 aliphatic rings. The highest BCUT2D eigenvalue weighted by Crippen LogP contribution is 2.19. The van der Waals surface area contributed by atoms with Crippen molar-refractivity contribution in [2.45, 2.75) is 26.1 Å². The van der Waals surface area contributed by atoms with Crippen LogP contribution in [0.2, 0.25) is 0 Å². The Balaban J connectivity index is 1.51. The summed E-state index contributed by atoms with van der Waals surface area (Å²) in [4.78, 5) is 9.92. The maximum atomic E-state index is 4.26. The van der Waals surface area contributed by atoms with Crippen LogP contribution in [-0.4, -0.2) is 34.0 Å². The van der Waals surface area contributed by atoms with Crippen LogP contribution in [0.4, 0.5) is 0 Å². The van der Waals surface area contributed by atoms with Crippen LogP contribution in [0, 0.1) is 5.92 Å². The largest absolute Gasteiger partial charge is 0.348 e. The fraction of sp³-hybridized carbons (Fsp3) is 0.438. The summed E-state index contributed by atoms with van der Waals surface area (Å²) in [7, 11) is 0. The Hall–Kier alpha value is -1.65. The van der Waals surface area contributed by atoms with Crippen molar-refractivity contribution >= 4 is 0 Å². The molecule has 0 bridgehead atoms. The van der Waals surface area contributed by atoms with Gasteiger partial charge in [0.25, 0.3) is 0 Å². The van der Waals surface area contributed by atoms with Crippen LogP contribution in [0.5, 0.6) is 0 Å². The lowest BCUT2D eigenvalue weighted by molar-refractivity contribution is 0.316. The van der Waals surface area contributed by atoms with Gasteiger partial charge in [0.2, 0.25) is 0 Å². The number of benzene rings is 1. The van der Waals surface area contributed by atoms with E-state index in [1.807, 2.05) is 6.20 Å². The van der Waals surface area contributed by atoms with Crippen LogP contribution < -0.4 is 5.32 Å². The first-order valence-electron chi connectivity index (χ1n) is 7.29. The van der Waals surface area contributed by atoms with Gasteiger partial charge in [0, 0.05) is 38.1 Å². The minimum Gasteiger partial charge on any atom is -0.348 e. The van der Waals surface area contributed by atoms with Crippen LogP contribution in [0.25, 0.3) is 0 Å². The third-order valence-electron chi connectivity index (χ3n) is 4.02. The molecule has 2 atom stereocenters. The van der Waals surface area contributed by atoms with Gasteiger partial charge in [0.1, 0.15) is 5.82 Å². The molecule has 1 saturated heterocycles. The summed E-state index contributed by atoms with van der Waals surface area (Å²) in [5.74, 6) is 1.69. The molecular formula is C16H22N4. The monoisotopic (exact) mass is 270 g/mol. The van der Waals surface area contributed by atoms with Crippen molar-refractivity contribution in [3.8, 4) is 0 Å². The normalized spacial score (nSPS) is 23.2. The van der Waals surface area contributed by atoms with Crippen molar-refractivity contribution in [1.82, 2.24) is 20.2 Å². The average molecular weight is 270 g/mol. The van der Waals surface area contributed by atoms with E-state index in [0.717, 1.165) is 32.0 Å². The highest BCUT2D eigenvalue weighted by molar-refractivity contribution is 5.14. The summed E-state index contributed by atoms with van der Waals surface area (Å²) in [5.41, 5.74) is 1.39. The Labute approximate surface area is 120 Å². The summed E-state index contributed by atoms with van der Waals surface area (Å²) in [6.07, 6.45) is 3.67. The number of nitrogens with one attached hydrogen (secondary N) is 2. The van der Waals surface area contributed by atoms with Gasteiger partial charge in [-0.1, -0.05) is 37.3 Å². The van der Waals surface area contributed by atoms with Crippen LogP contribution in [0.1, 0.15) is 18.3 Å². The highest BCUT2D eigenvalue weighted by Gasteiger charge is 2.28. The molecular weight excluding hydrogens is 248 g/mol. The molecule has 3 rings (SSSR count). The van der Waals surface area contributed by atoms with E-state index in [4.69, 9.17) is 0 Å². The van der Waals surface area contributed by atoms with E-state index in [9.17, 15) is 0 Å². The molecule has 0 radical (unpaired) electrons. The molecule has 4 nitrogen and oxygen atoms in total. The highest BCUT2D eigenvalue weighted by atomic mass is 15.2. The number of imidazole rings is 1. The van der Waals surface area contributed by atoms with Gasteiger partial charge in [-0.15, -0.1) is 0 Å². The molecule has 1 aliphatic heterocycles. The van der Waals surface area contributed by atoms with E-state index in [2.05, 4.69) is 57.4 Å². The zero-order valence-corrected chi connectivity index (χ0v) is 11.9. The van der Waals surface area contributed by atoms with E-state index in [1.165, 1.54) is 5.56 Å². The van der Waals surface area contributed by atoms with E-state index in [1.54, 1.807) is 6.20 Å². The van der Waals surface area contributed by atoms with E-state index < -0.39 is 0 Å². The van der Waals surface area contributed by atoms with E-state index in [0.29, 0.717) is 12.0 Å². The molecule has 4 heteroatoms. The Morgan fingerprint density at radius 3 is 2.90 bits per heavy atom. The lowest BCUT2D eigenvalue weighted by Gasteiger charge is -2.16. The number of H-pyrrole nitrogens is 1. The molecule has 0 spiro atoms. The van der Waals surface area contributed by atoms with Gasteiger partial charge in [-0.05, 0) is 11.5 Å². The van der Waals surface area contributed by atoms with Gasteiger partial charge in [0.05, 0.1) is 6.54 Å². The standard InChI is InChI=1S/C16H22N4/c1-13-10-20(11-14-5-3-2-4-6-14)12-15(13)19-9-16-17-7-8-18-16/h2-8,13,15,19H,9-12H2,1H3,(H,17,18)/t13-,15-/m1/s1. The first-order chi connectivity index (χ1) is 9.81. The van der Waals surface area contributed by atoms with Crippen LogP contribution >= 0.6 is 0 Å². The first-order valence-corrected chi connectivity index (χ1v) is 7.29. The fourth-order valence-corrected chi connectivity index (χ4v) is 2.93. The Kier molecular flexibility index (Phi) is 4.14. The van der Waals surface area contributed by atoms with Gasteiger partial charge in [0.15, 0.2) is 0 Å². The van der Waals surface area contributed by atoms with Crippen molar-refractivity contribution in [2.75, 3.05) is 13.1 Å². The van der Waals surface area contributed by atoms with Crippen molar-refractivity contribution in [3.63, 3.8) is 0 Å². The second kappa shape index (κ2) is 6.20. The van der Waals surface area contributed by atoms with Crippen molar-refractivity contribution < 1.29 is 0 Å². The lowest BCUT2D eigenvalue weighted by Crippen LogP contribution is -2.35. The van der Waals surface area contributed by atoms with Crippen LogP contribution in [0.15, 0.2) is 42.7 Å². The minimum atomic E-state index is 0.545. The molecule has 2 aromatic rings. The maximum absolute atomic E-state index is 4.26. The molecule has 0 aliphatic carbocycles. The molecule has 1 aromatic heterocycles. The summed E-state index contributed by atoms with van der Waals surface area (Å²) in [6, 6.07) is 11.2. The molecule has 1 fully saturated rings. The number of nitrogens with zero attached hydrogens (tertiary/aromatic N) is 2. The third kappa shape index (κ3) is 3.26. The van der Waals surface area contributed by atoms with Crippen LogP contribution in [-0.2, 0) is 13.1 Å². The van der Waals surface area contributed by atoms with Crippen molar-refractivity contribution in [2.24, 2.45) is 5.92 Å². The minimum absolute atomic E-state index is 0.545. The lowest BCUT2D eigenvalue weighted by atomic mass is 10.1. The number of aromatic amines is 1. The molecule has 20 heavy (non-hydrogen) atoms. The van der Waals surface area contributed by atoms with Crippen molar-refractivity contribution in [3.05, 3.63) is 54.1 Å². The molecule has 0 amide bonds. The zero-order valence-electron chi connectivity index (χ0n) is 11.9. The molecule has 0 unspecified atom stereocenters. The number of rotatable bonds is 5. The smallest absolute Gasteiger partial charge is 0.120 e. The third-order valence-corrected chi connectivity index (χ3v) is 4.02. The summed E-state index contributed by atoms with van der Waals surface area (Å²) in [6.45, 7) is 6.46. The SMILES string of the molecule is C[C@@H]1CN(Cc2ccccc2)C[C@H]1NCc1ncc[nH]1. The Morgan fingerprint density at radius 2 is 2.15 bits per heavy atom. The van der Waals surface area contributed by atoms with E-state index >= 15 is 0 Å². The van der Waals surface area contributed by atoms with Gasteiger partial charge in [-0.3, -0.25) is 4.90 Å². The average Bonchev–Trinajstić information content (AvgIpc) is 3.08. The maximum Gasteiger partial charge on any atom is 0.120 e. The predicted molar refractivity (Wildman–Crippen MR) is 80.1 cm³/mol. The van der Waals surface area contributed by atoms with Gasteiger partial charge < -0.3 is 10.3 Å². The fourth-order valence-electron chi connectivity index (χ4n) is 2.93. The van der Waals surface area contributed by atoms with Crippen molar-refractivity contribution in [1.29, 1.82) is 0 Å². The van der Waals surface area contributed by atoms with Crippen LogP contribution in [0.3, 0.4) is 0 Å². The molecule has 106 valence electrons. The zero-order chi connectivity index (χ0) is 13.8. The first kappa shape index (κ1) is 13.3. The topological polar surface area (TPSA) is 44.0 Å². The Morgan fingerprint density at radius 1 is 1.30 bits per heavy atom. The Bertz CT molecular complexity index is 509. The number of likely N-dealkylation sites (tertiary alicyclic amines) is 1. The summed E-state index contributed by atoms with van der Waals surface area (Å²) >= 11 is 0. The second-order valence-electron chi connectivity index (χ2n) is 5.68. The van der Waals surface area contributed by atoms with Gasteiger partial charge in [-0.25, -0.2) is 4.98 Å². The summed E-state index contributed by atoms with van der Waals surface area (Å²) in [5, 5.41) is 3.61. The number of aromatic nitrogens is 2. The van der Waals surface area contributed by atoms with Gasteiger partial charge >= 0.3 is 0 Å². The number of hydrogen-bond acceptors (Lipinski definition) is 3. The molecule has 1 aromatic carbocycles. The van der Waals surface area contributed by atoms with Gasteiger partial charge in [-0.2, -0.15) is 0 Å². The summed E-state index contributed by atoms with van der Waals surface area (Å²) < 4.78 is 0. The second-order valence-corrected chi connectivity index (χ2v) is 5.68. The molecule has 0 saturated carbocycles. The molecule has 2 N–H and O–H groups in total. The molecule has 2 heterocycles. The van der Waals surface area contributed by atoms with E-state index in [-0.39, 0.29) is 0 Å². The predicted octanol–water partition coefficient (Wildman–Crippen LogP) is 2.02. The quantitative estimate of drug-likeness (QED) is 0.873. The number of hydrogen-bond donors (Lipinski definition) is 2.